The molecule has 0 saturated heterocycles. The van der Waals surface area contributed by atoms with Crippen molar-refractivity contribution in [3.05, 3.63) is 23.8 Å². The summed E-state index contributed by atoms with van der Waals surface area (Å²) in [4.78, 5) is 12.0. The van der Waals surface area contributed by atoms with Crippen LogP contribution in [0, 0.1) is 0 Å². The lowest BCUT2D eigenvalue weighted by atomic mass is 9.98. The van der Waals surface area contributed by atoms with Crippen LogP contribution < -0.4 is 10.5 Å². The fraction of sp³-hybridized carbons (Fsp3) is 0.500. The number of esters is 1. The molecular weight excluding hydrogens is 230 g/mol. The number of methoxy groups -OCH3 is 1. The van der Waals surface area contributed by atoms with Gasteiger partial charge in [-0.1, -0.05) is 6.42 Å². The highest BCUT2D eigenvalue weighted by molar-refractivity contribution is 5.95. The van der Waals surface area contributed by atoms with Crippen molar-refractivity contribution in [2.45, 2.75) is 38.2 Å². The molecule has 1 aromatic carbocycles. The average molecular weight is 249 g/mol. The van der Waals surface area contributed by atoms with Crippen molar-refractivity contribution in [1.82, 2.24) is 0 Å². The van der Waals surface area contributed by atoms with E-state index in [1.54, 1.807) is 25.3 Å². The van der Waals surface area contributed by atoms with E-state index in [1.165, 1.54) is 6.42 Å². The van der Waals surface area contributed by atoms with Crippen LogP contribution in [-0.2, 0) is 4.74 Å². The first-order valence-corrected chi connectivity index (χ1v) is 6.35. The molecule has 1 aromatic rings. The van der Waals surface area contributed by atoms with Crippen LogP contribution in [0.25, 0.3) is 0 Å². The maximum atomic E-state index is 12.0. The summed E-state index contributed by atoms with van der Waals surface area (Å²) in [5.74, 6) is 0.309. The Hall–Kier alpha value is -1.71. The summed E-state index contributed by atoms with van der Waals surface area (Å²) in [5.41, 5.74) is 6.64. The zero-order valence-electron chi connectivity index (χ0n) is 10.6. The Balaban J connectivity index is 2.03. The molecule has 1 aliphatic rings. The van der Waals surface area contributed by atoms with Crippen molar-refractivity contribution in [2.24, 2.45) is 0 Å². The smallest absolute Gasteiger partial charge is 0.340 e. The van der Waals surface area contributed by atoms with E-state index in [2.05, 4.69) is 0 Å². The predicted octanol–water partition coefficient (Wildman–Crippen LogP) is 2.77. The summed E-state index contributed by atoms with van der Waals surface area (Å²) < 4.78 is 10.5. The molecule has 18 heavy (non-hydrogen) atoms. The molecule has 1 saturated carbocycles. The molecule has 0 unspecified atom stereocenters. The number of nitrogens with two attached hydrogens (primary N) is 1. The molecule has 4 heteroatoms. The van der Waals surface area contributed by atoms with Gasteiger partial charge in [0.2, 0.25) is 0 Å². The van der Waals surface area contributed by atoms with Gasteiger partial charge in [-0.3, -0.25) is 0 Å². The lowest BCUT2D eigenvalue weighted by Gasteiger charge is -2.22. The normalized spacial score (nSPS) is 16.3. The van der Waals surface area contributed by atoms with E-state index < -0.39 is 0 Å². The SMILES string of the molecule is COc1ccc(C(=O)OC2CCCCC2)c(N)c1. The van der Waals surface area contributed by atoms with Crippen LogP contribution in [0.4, 0.5) is 5.69 Å². The van der Waals surface area contributed by atoms with Crippen LogP contribution in [0.3, 0.4) is 0 Å². The number of benzene rings is 1. The van der Waals surface area contributed by atoms with Crippen LogP contribution in [0.2, 0.25) is 0 Å². The van der Waals surface area contributed by atoms with E-state index in [0.29, 0.717) is 17.0 Å². The molecular formula is C14H19NO3. The highest BCUT2D eigenvalue weighted by Gasteiger charge is 2.20. The van der Waals surface area contributed by atoms with E-state index in [4.69, 9.17) is 15.2 Å². The number of nitrogen functional groups attached to an aromatic ring is 1. The Morgan fingerprint density at radius 3 is 2.61 bits per heavy atom. The summed E-state index contributed by atoms with van der Waals surface area (Å²) >= 11 is 0. The van der Waals surface area contributed by atoms with Gasteiger partial charge in [-0.25, -0.2) is 4.79 Å². The van der Waals surface area contributed by atoms with Gasteiger partial charge in [-0.2, -0.15) is 0 Å². The molecule has 0 radical (unpaired) electrons. The molecule has 2 rings (SSSR count). The number of rotatable bonds is 3. The van der Waals surface area contributed by atoms with E-state index in [0.717, 1.165) is 25.7 Å². The van der Waals surface area contributed by atoms with Crippen molar-refractivity contribution in [2.75, 3.05) is 12.8 Å². The molecule has 0 amide bonds. The van der Waals surface area contributed by atoms with Crippen LogP contribution in [0.1, 0.15) is 42.5 Å². The topological polar surface area (TPSA) is 61.5 Å². The first kappa shape index (κ1) is 12.7. The number of ether oxygens (including phenoxy) is 2. The number of hydrogen-bond acceptors (Lipinski definition) is 4. The van der Waals surface area contributed by atoms with Crippen molar-refractivity contribution in [3.8, 4) is 5.75 Å². The van der Waals surface area contributed by atoms with Gasteiger partial charge in [0, 0.05) is 11.8 Å². The monoisotopic (exact) mass is 249 g/mol. The lowest BCUT2D eigenvalue weighted by molar-refractivity contribution is 0.0212. The Morgan fingerprint density at radius 2 is 2.00 bits per heavy atom. The fourth-order valence-corrected chi connectivity index (χ4v) is 2.25. The van der Waals surface area contributed by atoms with Gasteiger partial charge >= 0.3 is 5.97 Å². The average Bonchev–Trinajstić information content (AvgIpc) is 2.39. The van der Waals surface area contributed by atoms with Crippen LogP contribution in [0.15, 0.2) is 18.2 Å². The second-order valence-electron chi connectivity index (χ2n) is 4.62. The minimum atomic E-state index is -0.331. The van der Waals surface area contributed by atoms with E-state index in [-0.39, 0.29) is 12.1 Å². The fourth-order valence-electron chi connectivity index (χ4n) is 2.25. The second kappa shape index (κ2) is 5.76. The number of anilines is 1. The molecule has 1 fully saturated rings. The minimum absolute atomic E-state index is 0.0488. The van der Waals surface area contributed by atoms with Gasteiger partial charge in [-0.15, -0.1) is 0 Å². The van der Waals surface area contributed by atoms with Gasteiger partial charge in [0.15, 0.2) is 0 Å². The minimum Gasteiger partial charge on any atom is -0.497 e. The molecule has 0 spiro atoms. The van der Waals surface area contributed by atoms with E-state index in [9.17, 15) is 4.79 Å². The highest BCUT2D eigenvalue weighted by Crippen LogP contribution is 2.24. The van der Waals surface area contributed by atoms with Crippen LogP contribution in [0.5, 0.6) is 5.75 Å². The molecule has 0 heterocycles. The highest BCUT2D eigenvalue weighted by atomic mass is 16.5. The molecule has 0 atom stereocenters. The molecule has 0 aliphatic heterocycles. The maximum absolute atomic E-state index is 12.0. The summed E-state index contributed by atoms with van der Waals surface area (Å²) in [6, 6.07) is 5.00. The number of carbonyl (C=O) groups is 1. The molecule has 98 valence electrons. The van der Waals surface area contributed by atoms with E-state index >= 15 is 0 Å². The van der Waals surface area contributed by atoms with Gasteiger partial charge in [-0.05, 0) is 37.8 Å². The Morgan fingerprint density at radius 1 is 1.28 bits per heavy atom. The third-order valence-corrected chi connectivity index (χ3v) is 3.30. The Kier molecular flexibility index (Phi) is 4.07. The summed E-state index contributed by atoms with van der Waals surface area (Å²) in [7, 11) is 1.56. The molecule has 0 aromatic heterocycles. The first-order valence-electron chi connectivity index (χ1n) is 6.35. The zero-order chi connectivity index (χ0) is 13.0. The maximum Gasteiger partial charge on any atom is 0.340 e. The third kappa shape index (κ3) is 2.94. The molecule has 0 bridgehead atoms. The van der Waals surface area contributed by atoms with Gasteiger partial charge in [0.25, 0.3) is 0 Å². The van der Waals surface area contributed by atoms with Crippen molar-refractivity contribution < 1.29 is 14.3 Å². The molecule has 1 aliphatic carbocycles. The van der Waals surface area contributed by atoms with Gasteiger partial charge in [0.1, 0.15) is 11.9 Å². The van der Waals surface area contributed by atoms with Crippen molar-refractivity contribution in [3.63, 3.8) is 0 Å². The predicted molar refractivity (Wildman–Crippen MR) is 69.7 cm³/mol. The standard InChI is InChI=1S/C14H19NO3/c1-17-11-7-8-12(13(15)9-11)14(16)18-10-5-3-2-4-6-10/h7-10H,2-6,15H2,1H3. The number of hydrogen-bond donors (Lipinski definition) is 1. The van der Waals surface area contributed by atoms with E-state index in [1.807, 2.05) is 0 Å². The summed E-state index contributed by atoms with van der Waals surface area (Å²) in [6.07, 6.45) is 5.47. The largest absolute Gasteiger partial charge is 0.497 e. The first-order chi connectivity index (χ1) is 8.70. The Labute approximate surface area is 107 Å². The van der Waals surface area contributed by atoms with Gasteiger partial charge < -0.3 is 15.2 Å². The quantitative estimate of drug-likeness (QED) is 0.661. The third-order valence-electron chi connectivity index (χ3n) is 3.30. The van der Waals surface area contributed by atoms with Crippen LogP contribution in [-0.4, -0.2) is 19.2 Å². The second-order valence-corrected chi connectivity index (χ2v) is 4.62. The summed E-state index contributed by atoms with van der Waals surface area (Å²) in [6.45, 7) is 0. The van der Waals surface area contributed by atoms with Gasteiger partial charge in [0.05, 0.1) is 12.7 Å². The summed E-state index contributed by atoms with van der Waals surface area (Å²) in [5, 5.41) is 0. The zero-order valence-corrected chi connectivity index (χ0v) is 10.6. The van der Waals surface area contributed by atoms with Crippen molar-refractivity contribution >= 4 is 11.7 Å². The number of carbonyl (C=O) groups excluding carboxylic acids is 1. The molecule has 4 nitrogen and oxygen atoms in total. The van der Waals surface area contributed by atoms with Crippen LogP contribution >= 0.6 is 0 Å². The lowest BCUT2D eigenvalue weighted by Crippen LogP contribution is -2.21. The van der Waals surface area contributed by atoms with Crippen molar-refractivity contribution in [1.29, 1.82) is 0 Å². The Bertz CT molecular complexity index is 425. The molecule has 2 N–H and O–H groups in total.